The van der Waals surface area contributed by atoms with E-state index >= 15 is 0 Å². The summed E-state index contributed by atoms with van der Waals surface area (Å²) in [6.45, 7) is 13.1. The van der Waals surface area contributed by atoms with Crippen LogP contribution < -0.4 is 0 Å². The first kappa shape index (κ1) is 37.1. The molecule has 0 bridgehead atoms. The molecule has 262 valence electrons. The minimum Gasteiger partial charge on any atom is -0.459 e. The molecule has 2 fully saturated rings. The number of ether oxygens (including phenoxy) is 2. The number of halogens is 3. The Bertz CT molecular complexity index is 1560. The molecule has 2 aromatic rings. The molecule has 1 amide bonds. The molecule has 1 saturated heterocycles. The predicted octanol–water partition coefficient (Wildman–Crippen LogP) is 7.21. The number of aromatic nitrogens is 2. The van der Waals surface area contributed by atoms with Crippen LogP contribution in [0.5, 0.6) is 0 Å². The molecule has 0 spiro atoms. The number of carbonyl (C=O) groups excluding carboxylic acids is 2. The summed E-state index contributed by atoms with van der Waals surface area (Å²) in [7, 11) is -4.15. The quantitative estimate of drug-likeness (QED) is 0.254. The van der Waals surface area contributed by atoms with E-state index in [2.05, 4.69) is 5.10 Å². The SMILES string of the molecule is Cc1ccc(S(=O)(=O)N2CCC[C@H]2C(=O)OC(C)(C)C)c(-c2nn(CCCN(C(=O)OC(C)(C)C)C3CCC(F)(F)CC3)cc2Cl)c1. The maximum absolute atomic E-state index is 14.1. The van der Waals surface area contributed by atoms with Crippen LogP contribution in [0.1, 0.15) is 92.1 Å². The fraction of sp³-hybridized carbons (Fsp3) is 0.667. The molecule has 1 aliphatic heterocycles. The summed E-state index contributed by atoms with van der Waals surface area (Å²) in [5, 5.41) is 4.87. The highest BCUT2D eigenvalue weighted by Gasteiger charge is 2.43. The van der Waals surface area contributed by atoms with Crippen LogP contribution in [0.2, 0.25) is 5.02 Å². The summed E-state index contributed by atoms with van der Waals surface area (Å²) < 4.78 is 69.8. The highest BCUT2D eigenvalue weighted by atomic mass is 35.5. The second kappa shape index (κ2) is 14.0. The molecule has 2 aliphatic rings. The van der Waals surface area contributed by atoms with Crippen LogP contribution in [0, 0.1) is 6.92 Å². The monoisotopic (exact) mass is 700 g/mol. The number of hydrogen-bond donors (Lipinski definition) is 0. The summed E-state index contributed by atoms with van der Waals surface area (Å²) in [6, 6.07) is 3.59. The third-order valence-corrected chi connectivity index (χ3v) is 10.4. The normalized spacial score (nSPS) is 19.5. The lowest BCUT2D eigenvalue weighted by Crippen LogP contribution is -2.46. The first-order valence-corrected chi connectivity index (χ1v) is 17.9. The van der Waals surface area contributed by atoms with Gasteiger partial charge < -0.3 is 14.4 Å². The van der Waals surface area contributed by atoms with Crippen LogP contribution in [0.4, 0.5) is 13.6 Å². The molecule has 14 heteroatoms. The summed E-state index contributed by atoms with van der Waals surface area (Å²) in [4.78, 5) is 27.6. The number of sulfonamides is 1. The maximum atomic E-state index is 14.1. The van der Waals surface area contributed by atoms with E-state index in [1.807, 2.05) is 6.92 Å². The summed E-state index contributed by atoms with van der Waals surface area (Å²) in [5.74, 6) is -3.32. The number of carbonyl (C=O) groups is 2. The van der Waals surface area contributed by atoms with Crippen LogP contribution >= 0.6 is 11.6 Å². The number of benzene rings is 1. The number of hydrogen-bond acceptors (Lipinski definition) is 7. The largest absolute Gasteiger partial charge is 0.459 e. The zero-order valence-electron chi connectivity index (χ0n) is 28.3. The lowest BCUT2D eigenvalue weighted by atomic mass is 9.91. The Morgan fingerprint density at radius 1 is 1.06 bits per heavy atom. The van der Waals surface area contributed by atoms with Crippen LogP contribution in [0.3, 0.4) is 0 Å². The lowest BCUT2D eigenvalue weighted by Gasteiger charge is -2.37. The van der Waals surface area contributed by atoms with Gasteiger partial charge in [0.1, 0.15) is 22.9 Å². The first-order chi connectivity index (χ1) is 21.7. The Morgan fingerprint density at radius 3 is 2.32 bits per heavy atom. The first-order valence-electron chi connectivity index (χ1n) is 16.1. The van der Waals surface area contributed by atoms with Gasteiger partial charge in [0.05, 0.1) is 9.92 Å². The van der Waals surface area contributed by atoms with Crippen LogP contribution in [0.15, 0.2) is 29.3 Å². The Balaban J connectivity index is 1.55. The van der Waals surface area contributed by atoms with Crippen molar-refractivity contribution in [3.05, 3.63) is 35.0 Å². The summed E-state index contributed by atoms with van der Waals surface area (Å²) >= 11 is 6.66. The fourth-order valence-corrected chi connectivity index (χ4v) is 8.06. The standard InChI is InChI=1S/C33H47ClF2N4O6S/c1-22-11-12-27(47(43,44)40-19-8-10-26(40)29(41)45-31(2,3)4)24(20-22)28-25(34)21-38(37-28)17-9-18-39(30(42)46-32(5,6)7)23-13-15-33(35,36)16-14-23/h11-12,20-21,23,26H,8-10,13-19H2,1-7H3/t26-/m0/s1. The van der Waals surface area contributed by atoms with Crippen molar-refractivity contribution in [1.29, 1.82) is 0 Å². The molecule has 0 N–H and O–H groups in total. The van der Waals surface area contributed by atoms with Gasteiger partial charge in [-0.3, -0.25) is 9.48 Å². The zero-order chi connectivity index (χ0) is 34.9. The van der Waals surface area contributed by atoms with Crippen molar-refractivity contribution < 1.29 is 36.3 Å². The van der Waals surface area contributed by atoms with Crippen molar-refractivity contribution in [2.24, 2.45) is 0 Å². The molecule has 1 saturated carbocycles. The molecule has 10 nitrogen and oxygen atoms in total. The molecule has 1 aliphatic carbocycles. The smallest absolute Gasteiger partial charge is 0.410 e. The van der Waals surface area contributed by atoms with Gasteiger partial charge in [-0.05, 0) is 92.7 Å². The van der Waals surface area contributed by atoms with E-state index in [0.29, 0.717) is 31.4 Å². The van der Waals surface area contributed by atoms with Crippen molar-refractivity contribution in [3.63, 3.8) is 0 Å². The van der Waals surface area contributed by atoms with Gasteiger partial charge in [0.2, 0.25) is 15.9 Å². The Morgan fingerprint density at radius 2 is 1.70 bits per heavy atom. The van der Waals surface area contributed by atoms with E-state index in [0.717, 1.165) is 5.56 Å². The van der Waals surface area contributed by atoms with Crippen LogP contribution in [-0.2, 0) is 30.8 Å². The van der Waals surface area contributed by atoms with Gasteiger partial charge in [-0.1, -0.05) is 23.2 Å². The van der Waals surface area contributed by atoms with Crippen molar-refractivity contribution >= 4 is 33.7 Å². The molecule has 0 unspecified atom stereocenters. The number of esters is 1. The minimum atomic E-state index is -4.15. The molecule has 4 rings (SSSR count). The van der Waals surface area contributed by atoms with Gasteiger partial charge in [0.25, 0.3) is 0 Å². The van der Waals surface area contributed by atoms with E-state index < -0.39 is 45.3 Å². The van der Waals surface area contributed by atoms with Gasteiger partial charge in [-0.2, -0.15) is 9.40 Å². The lowest BCUT2D eigenvalue weighted by molar-refractivity contribution is -0.158. The van der Waals surface area contributed by atoms with Gasteiger partial charge in [-0.15, -0.1) is 0 Å². The van der Waals surface area contributed by atoms with Crippen LogP contribution in [-0.4, -0.2) is 81.8 Å². The Kier molecular flexibility index (Phi) is 11.0. The fourth-order valence-electron chi connectivity index (χ4n) is 5.99. The highest BCUT2D eigenvalue weighted by Crippen LogP contribution is 2.38. The molecular weight excluding hydrogens is 654 g/mol. The molecule has 2 heterocycles. The third-order valence-electron chi connectivity index (χ3n) is 8.12. The molecular formula is C33H47ClF2N4O6S. The van der Waals surface area contributed by atoms with Gasteiger partial charge >= 0.3 is 12.1 Å². The van der Waals surface area contributed by atoms with Crippen molar-refractivity contribution in [2.45, 2.75) is 134 Å². The van der Waals surface area contributed by atoms with Gasteiger partial charge in [-0.25, -0.2) is 22.0 Å². The zero-order valence-corrected chi connectivity index (χ0v) is 29.9. The molecule has 0 radical (unpaired) electrons. The molecule has 47 heavy (non-hydrogen) atoms. The number of nitrogens with zero attached hydrogens (tertiary/aromatic N) is 4. The van der Waals surface area contributed by atoms with Crippen molar-refractivity contribution in [2.75, 3.05) is 13.1 Å². The van der Waals surface area contributed by atoms with E-state index in [9.17, 15) is 26.8 Å². The second-order valence-corrected chi connectivity index (χ2v) is 16.8. The van der Waals surface area contributed by atoms with Gasteiger partial charge in [0.15, 0.2) is 0 Å². The minimum absolute atomic E-state index is 0.0177. The van der Waals surface area contributed by atoms with E-state index in [4.69, 9.17) is 21.1 Å². The molecule has 1 atom stereocenters. The van der Waals surface area contributed by atoms with E-state index in [1.165, 1.54) is 15.3 Å². The van der Waals surface area contributed by atoms with E-state index in [1.54, 1.807) is 64.6 Å². The maximum Gasteiger partial charge on any atom is 0.410 e. The number of aryl methyl sites for hydroxylation is 2. The van der Waals surface area contributed by atoms with Crippen LogP contribution in [0.25, 0.3) is 11.3 Å². The number of alkyl halides is 2. The summed E-state index contributed by atoms with van der Waals surface area (Å²) in [5.41, 5.74) is -0.144. The average Bonchev–Trinajstić information content (AvgIpc) is 3.57. The van der Waals surface area contributed by atoms with Crippen molar-refractivity contribution in [3.8, 4) is 11.3 Å². The summed E-state index contributed by atoms with van der Waals surface area (Å²) in [6.07, 6.45) is 2.13. The van der Waals surface area contributed by atoms with Crippen molar-refractivity contribution in [1.82, 2.24) is 19.0 Å². The molecule has 1 aromatic carbocycles. The molecule has 1 aromatic heterocycles. The average molecular weight is 701 g/mol. The highest BCUT2D eigenvalue weighted by molar-refractivity contribution is 7.89. The Labute approximate surface area is 281 Å². The second-order valence-electron chi connectivity index (χ2n) is 14.5. The van der Waals surface area contributed by atoms with Gasteiger partial charge in [0, 0.05) is 50.3 Å². The number of rotatable bonds is 9. The Hall–Kier alpha value is -2.77. The predicted molar refractivity (Wildman–Crippen MR) is 175 cm³/mol. The van der Waals surface area contributed by atoms with E-state index in [-0.39, 0.29) is 60.4 Å². The topological polar surface area (TPSA) is 111 Å². The third kappa shape index (κ3) is 9.44. The number of amides is 1.